The molecule has 0 saturated carbocycles. The van der Waals surface area contributed by atoms with Crippen LogP contribution in [-0.4, -0.2) is 20.9 Å². The second-order valence-electron chi connectivity index (χ2n) is 3.78. The zero-order chi connectivity index (χ0) is 13.1. The number of aromatic nitrogens is 2. The highest BCUT2D eigenvalue weighted by Crippen LogP contribution is 2.17. The first kappa shape index (κ1) is 15.5. The fourth-order valence-corrected chi connectivity index (χ4v) is 2.23. The molecule has 0 atom stereocenters. The molecule has 5 nitrogen and oxygen atoms in total. The van der Waals surface area contributed by atoms with Gasteiger partial charge in [-0.3, -0.25) is 4.79 Å². The zero-order valence-electron chi connectivity index (χ0n) is 10.1. The van der Waals surface area contributed by atoms with E-state index in [4.69, 9.17) is 5.11 Å². The predicted molar refractivity (Wildman–Crippen MR) is 73.5 cm³/mol. The Hall–Kier alpha value is -1.60. The zero-order valence-corrected chi connectivity index (χ0v) is 11.7. The second kappa shape index (κ2) is 6.53. The van der Waals surface area contributed by atoms with Gasteiger partial charge in [0.2, 0.25) is 0 Å². The van der Waals surface area contributed by atoms with Gasteiger partial charge in [0, 0.05) is 10.9 Å². The van der Waals surface area contributed by atoms with Gasteiger partial charge in [-0.25, -0.2) is 4.68 Å². The predicted octanol–water partition coefficient (Wildman–Crippen LogP) is 2.51. The van der Waals surface area contributed by atoms with Gasteiger partial charge in [-0.15, -0.1) is 23.7 Å². The molecule has 0 aliphatic heterocycles. The number of nitrogens with zero attached hydrogens (tertiary/aromatic N) is 2. The summed E-state index contributed by atoms with van der Waals surface area (Å²) in [7, 11) is 0. The molecule has 8 heteroatoms. The van der Waals surface area contributed by atoms with E-state index in [9.17, 15) is 9.18 Å². The number of rotatable bonds is 5. The van der Waals surface area contributed by atoms with Crippen molar-refractivity contribution in [3.63, 3.8) is 0 Å². The maximum absolute atomic E-state index is 12.8. The molecule has 0 fully saturated rings. The van der Waals surface area contributed by atoms with Gasteiger partial charge in [-0.1, -0.05) is 0 Å². The summed E-state index contributed by atoms with van der Waals surface area (Å²) >= 11 is 1.06. The summed E-state index contributed by atoms with van der Waals surface area (Å²) in [6.45, 7) is 2.03. The average Bonchev–Trinajstić information content (AvgIpc) is 2.82. The van der Waals surface area contributed by atoms with Crippen molar-refractivity contribution in [3.8, 4) is 0 Å². The van der Waals surface area contributed by atoms with E-state index >= 15 is 0 Å². The maximum Gasteiger partial charge on any atom is 0.325 e. The molecule has 0 unspecified atom stereocenters. The molecule has 2 aromatic heterocycles. The fourth-order valence-electron chi connectivity index (χ4n) is 1.56. The van der Waals surface area contributed by atoms with E-state index in [1.807, 2.05) is 0 Å². The van der Waals surface area contributed by atoms with Gasteiger partial charge in [0.25, 0.3) is 0 Å². The number of aryl methyl sites for hydroxylation is 1. The largest absolute Gasteiger partial charge is 0.480 e. The number of hydrogen-bond donors (Lipinski definition) is 2. The molecule has 0 aromatic carbocycles. The first-order chi connectivity index (χ1) is 8.54. The van der Waals surface area contributed by atoms with E-state index in [0.717, 1.165) is 21.9 Å². The molecule has 0 spiro atoms. The van der Waals surface area contributed by atoms with Crippen molar-refractivity contribution in [1.29, 1.82) is 0 Å². The Morgan fingerprint density at radius 3 is 2.89 bits per heavy atom. The molecule has 2 N–H and O–H groups in total. The maximum atomic E-state index is 12.8. The average molecular weight is 306 g/mol. The molecule has 0 radical (unpaired) electrons. The molecule has 0 saturated heterocycles. The van der Waals surface area contributed by atoms with Crippen LogP contribution in [0.25, 0.3) is 0 Å². The highest BCUT2D eigenvalue weighted by atomic mass is 35.5. The quantitative estimate of drug-likeness (QED) is 0.890. The first-order valence-electron chi connectivity index (χ1n) is 5.29. The standard InChI is InChI=1S/C11H12FN3O2S.ClH/c1-7-4-10(15(14-7)6-11(16)17)13-5-8-2-3-9(12)18-8;/h2-4,13H,5-6H2,1H3,(H,16,17);1H. The van der Waals surface area contributed by atoms with Gasteiger partial charge in [0.15, 0.2) is 5.13 Å². The molecule has 2 aromatic rings. The smallest absolute Gasteiger partial charge is 0.325 e. The van der Waals surface area contributed by atoms with E-state index in [-0.39, 0.29) is 24.1 Å². The summed E-state index contributed by atoms with van der Waals surface area (Å²) in [6, 6.07) is 4.85. The minimum atomic E-state index is -0.955. The minimum absolute atomic E-state index is 0. The van der Waals surface area contributed by atoms with Crippen LogP contribution in [0.5, 0.6) is 0 Å². The molecule has 19 heavy (non-hydrogen) atoms. The fraction of sp³-hybridized carbons (Fsp3) is 0.273. The van der Waals surface area contributed by atoms with Crippen LogP contribution in [0, 0.1) is 12.1 Å². The number of carboxylic acids is 1. The van der Waals surface area contributed by atoms with Crippen LogP contribution in [0.4, 0.5) is 10.2 Å². The van der Waals surface area contributed by atoms with Crippen LogP contribution in [0.2, 0.25) is 0 Å². The Morgan fingerprint density at radius 2 is 2.32 bits per heavy atom. The van der Waals surface area contributed by atoms with Crippen LogP contribution >= 0.6 is 23.7 Å². The second-order valence-corrected chi connectivity index (χ2v) is 4.90. The Bertz CT molecular complexity index is 570. The van der Waals surface area contributed by atoms with Crippen LogP contribution in [0.3, 0.4) is 0 Å². The molecule has 2 rings (SSSR count). The van der Waals surface area contributed by atoms with Gasteiger partial charge >= 0.3 is 5.97 Å². The first-order valence-corrected chi connectivity index (χ1v) is 6.10. The summed E-state index contributed by atoms with van der Waals surface area (Å²) in [4.78, 5) is 11.5. The number of nitrogens with one attached hydrogen (secondary N) is 1. The van der Waals surface area contributed by atoms with Crippen molar-refractivity contribution in [3.05, 3.63) is 33.9 Å². The van der Waals surface area contributed by atoms with E-state index in [2.05, 4.69) is 10.4 Å². The third kappa shape index (κ3) is 4.22. The lowest BCUT2D eigenvalue weighted by molar-refractivity contribution is -0.137. The number of carbonyl (C=O) groups is 1. The van der Waals surface area contributed by atoms with Crippen molar-refractivity contribution in [1.82, 2.24) is 9.78 Å². The van der Waals surface area contributed by atoms with E-state index in [1.165, 1.54) is 10.7 Å². The van der Waals surface area contributed by atoms with E-state index < -0.39 is 5.97 Å². The minimum Gasteiger partial charge on any atom is -0.480 e. The van der Waals surface area contributed by atoms with Crippen molar-refractivity contribution < 1.29 is 14.3 Å². The van der Waals surface area contributed by atoms with Gasteiger partial charge in [-0.2, -0.15) is 9.49 Å². The van der Waals surface area contributed by atoms with E-state index in [0.29, 0.717) is 12.4 Å². The molecule has 0 amide bonds. The third-order valence-electron chi connectivity index (χ3n) is 2.26. The summed E-state index contributed by atoms with van der Waals surface area (Å²) in [6.07, 6.45) is 0. The molecule has 2 heterocycles. The Kier molecular flexibility index (Phi) is 5.31. The van der Waals surface area contributed by atoms with Crippen LogP contribution in [-0.2, 0) is 17.9 Å². The van der Waals surface area contributed by atoms with Gasteiger partial charge < -0.3 is 10.4 Å². The van der Waals surface area contributed by atoms with E-state index in [1.54, 1.807) is 19.1 Å². The SMILES string of the molecule is Cc1cc(NCc2ccc(F)s2)n(CC(=O)O)n1.Cl. The number of thiophene rings is 1. The summed E-state index contributed by atoms with van der Waals surface area (Å²) in [5.41, 5.74) is 0.733. The Labute approximate surface area is 119 Å². The monoisotopic (exact) mass is 305 g/mol. The summed E-state index contributed by atoms with van der Waals surface area (Å²) < 4.78 is 14.2. The molecular formula is C11H13ClFN3O2S. The molecule has 0 bridgehead atoms. The highest BCUT2D eigenvalue weighted by molar-refractivity contribution is 7.10. The third-order valence-corrected chi connectivity index (χ3v) is 3.13. The Morgan fingerprint density at radius 1 is 1.58 bits per heavy atom. The van der Waals surface area contributed by atoms with Crippen molar-refractivity contribution in [2.45, 2.75) is 20.0 Å². The lowest BCUT2D eigenvalue weighted by Crippen LogP contribution is -2.13. The van der Waals surface area contributed by atoms with Crippen molar-refractivity contribution >= 4 is 35.5 Å². The lowest BCUT2D eigenvalue weighted by Gasteiger charge is -2.06. The molecule has 104 valence electrons. The molecule has 0 aliphatic rings. The normalized spacial score (nSPS) is 10.0. The molecular weight excluding hydrogens is 293 g/mol. The number of carboxylic acid groups (broad SMARTS) is 1. The van der Waals surface area contributed by atoms with Gasteiger partial charge in [0.1, 0.15) is 12.4 Å². The Balaban J connectivity index is 0.00000180. The van der Waals surface area contributed by atoms with Crippen LogP contribution < -0.4 is 5.32 Å². The number of aliphatic carboxylic acids is 1. The number of halogens is 2. The lowest BCUT2D eigenvalue weighted by atomic mass is 10.4. The van der Waals surface area contributed by atoms with Gasteiger partial charge in [0.05, 0.1) is 12.2 Å². The highest BCUT2D eigenvalue weighted by Gasteiger charge is 2.09. The number of anilines is 1. The summed E-state index contributed by atoms with van der Waals surface area (Å²) in [5.74, 6) is -0.341. The number of hydrogen-bond acceptors (Lipinski definition) is 4. The van der Waals surface area contributed by atoms with Crippen molar-refractivity contribution in [2.75, 3.05) is 5.32 Å². The van der Waals surface area contributed by atoms with Gasteiger partial charge in [-0.05, 0) is 19.1 Å². The van der Waals surface area contributed by atoms with Crippen LogP contribution in [0.15, 0.2) is 18.2 Å². The molecule has 0 aliphatic carbocycles. The van der Waals surface area contributed by atoms with Crippen molar-refractivity contribution in [2.24, 2.45) is 0 Å². The topological polar surface area (TPSA) is 67.2 Å². The summed E-state index contributed by atoms with van der Waals surface area (Å²) in [5, 5.41) is 15.6. The van der Waals surface area contributed by atoms with Crippen LogP contribution in [0.1, 0.15) is 10.6 Å².